The number of nitrogens with one attached hydrogen (secondary N) is 3. The number of imidazole rings is 1. The lowest BCUT2D eigenvalue weighted by atomic mass is 9.86. The van der Waals surface area contributed by atoms with Gasteiger partial charge in [-0.1, -0.05) is 19.8 Å². The van der Waals surface area contributed by atoms with Gasteiger partial charge in [-0.2, -0.15) is 0 Å². The van der Waals surface area contributed by atoms with Gasteiger partial charge in [-0.05, 0) is 46.8 Å². The van der Waals surface area contributed by atoms with Crippen LogP contribution in [0.5, 0.6) is 0 Å². The minimum Gasteiger partial charge on any atom is -0.381 e. The third-order valence-electron chi connectivity index (χ3n) is 4.06. The molecule has 1 aliphatic rings. The zero-order chi connectivity index (χ0) is 13.4. The molecule has 1 saturated carbocycles. The van der Waals surface area contributed by atoms with Crippen molar-refractivity contribution < 1.29 is 0 Å². The normalized spacial score (nSPS) is 23.7. The summed E-state index contributed by atoms with van der Waals surface area (Å²) in [6.45, 7) is 2.31. The molecule has 2 atom stereocenters. The van der Waals surface area contributed by atoms with Gasteiger partial charge in [-0.25, -0.2) is 4.79 Å². The molecule has 3 rings (SSSR count). The molecule has 102 valence electrons. The Morgan fingerprint density at radius 3 is 2.63 bits per heavy atom. The lowest BCUT2D eigenvalue weighted by molar-refractivity contribution is 0.349. The predicted molar refractivity (Wildman–Crippen MR) is 81.7 cm³/mol. The van der Waals surface area contributed by atoms with Crippen molar-refractivity contribution >= 4 is 32.7 Å². The van der Waals surface area contributed by atoms with Gasteiger partial charge in [0.1, 0.15) is 0 Å². The molecule has 1 fully saturated rings. The summed E-state index contributed by atoms with van der Waals surface area (Å²) in [7, 11) is 0. The van der Waals surface area contributed by atoms with Crippen LogP contribution in [-0.2, 0) is 0 Å². The first-order valence-electron chi connectivity index (χ1n) is 6.81. The number of aromatic amines is 2. The largest absolute Gasteiger partial charge is 0.381 e. The molecule has 1 aromatic heterocycles. The Morgan fingerprint density at radius 1 is 1.21 bits per heavy atom. The van der Waals surface area contributed by atoms with Gasteiger partial charge in [0.2, 0.25) is 0 Å². The number of benzene rings is 1. The molecule has 19 heavy (non-hydrogen) atoms. The van der Waals surface area contributed by atoms with Gasteiger partial charge in [0.25, 0.3) is 0 Å². The maximum atomic E-state index is 11.3. The van der Waals surface area contributed by atoms with E-state index in [9.17, 15) is 4.79 Å². The number of rotatable bonds is 2. The fourth-order valence-corrected chi connectivity index (χ4v) is 3.35. The van der Waals surface area contributed by atoms with E-state index in [0.29, 0.717) is 12.0 Å². The quantitative estimate of drug-likeness (QED) is 0.790. The van der Waals surface area contributed by atoms with Crippen molar-refractivity contribution in [3.05, 3.63) is 27.1 Å². The molecule has 0 bridgehead atoms. The Kier molecular flexibility index (Phi) is 3.39. The summed E-state index contributed by atoms with van der Waals surface area (Å²) in [6.07, 6.45) is 5.14. The standard InChI is InChI=1S/C14H18BrN3O/c1-8-4-2-3-5-10(8)16-11-7-13-12(6-9(11)15)17-14(19)18-13/h6-8,10,16H,2-5H2,1H3,(H2,17,18,19). The minimum absolute atomic E-state index is 0.162. The van der Waals surface area contributed by atoms with Crippen LogP contribution in [0, 0.1) is 5.92 Å². The molecule has 5 heteroatoms. The summed E-state index contributed by atoms with van der Waals surface area (Å²) in [5.41, 5.74) is 2.57. The van der Waals surface area contributed by atoms with Crippen molar-refractivity contribution in [2.75, 3.05) is 5.32 Å². The van der Waals surface area contributed by atoms with Crippen molar-refractivity contribution in [3.8, 4) is 0 Å². The van der Waals surface area contributed by atoms with Crippen LogP contribution < -0.4 is 11.0 Å². The Bertz CT molecular complexity index is 646. The summed E-state index contributed by atoms with van der Waals surface area (Å²) >= 11 is 3.57. The molecule has 0 amide bonds. The second kappa shape index (κ2) is 5.04. The van der Waals surface area contributed by atoms with Crippen molar-refractivity contribution in [1.29, 1.82) is 0 Å². The Hall–Kier alpha value is -1.23. The van der Waals surface area contributed by atoms with E-state index in [0.717, 1.165) is 21.2 Å². The van der Waals surface area contributed by atoms with Gasteiger partial charge >= 0.3 is 5.69 Å². The molecule has 2 unspecified atom stereocenters. The highest BCUT2D eigenvalue weighted by molar-refractivity contribution is 9.10. The maximum Gasteiger partial charge on any atom is 0.323 e. The number of aromatic nitrogens is 2. The molecule has 0 saturated heterocycles. The maximum absolute atomic E-state index is 11.3. The monoisotopic (exact) mass is 323 g/mol. The van der Waals surface area contributed by atoms with Gasteiger partial charge in [0.05, 0.1) is 16.7 Å². The smallest absolute Gasteiger partial charge is 0.323 e. The molecule has 0 aliphatic heterocycles. The highest BCUT2D eigenvalue weighted by Gasteiger charge is 2.21. The first-order valence-corrected chi connectivity index (χ1v) is 7.61. The third kappa shape index (κ3) is 2.56. The van der Waals surface area contributed by atoms with E-state index in [4.69, 9.17) is 0 Å². The topological polar surface area (TPSA) is 60.7 Å². The number of hydrogen-bond acceptors (Lipinski definition) is 2. The first-order chi connectivity index (χ1) is 9.13. The fourth-order valence-electron chi connectivity index (χ4n) is 2.90. The Balaban J connectivity index is 1.91. The molecule has 1 aliphatic carbocycles. The Labute approximate surface area is 120 Å². The van der Waals surface area contributed by atoms with E-state index < -0.39 is 0 Å². The molecule has 1 aromatic carbocycles. The zero-order valence-corrected chi connectivity index (χ0v) is 12.5. The summed E-state index contributed by atoms with van der Waals surface area (Å²) < 4.78 is 0.994. The van der Waals surface area contributed by atoms with Gasteiger partial charge in [-0.3, -0.25) is 0 Å². The molecule has 1 heterocycles. The SMILES string of the molecule is CC1CCCCC1Nc1cc2[nH]c(=O)[nH]c2cc1Br. The summed E-state index contributed by atoms with van der Waals surface area (Å²) in [5, 5.41) is 3.62. The van der Waals surface area contributed by atoms with Crippen molar-refractivity contribution in [2.45, 2.75) is 38.6 Å². The first kappa shape index (κ1) is 12.8. The van der Waals surface area contributed by atoms with Gasteiger partial charge < -0.3 is 15.3 Å². The highest BCUT2D eigenvalue weighted by Crippen LogP contribution is 2.31. The van der Waals surface area contributed by atoms with E-state index in [1.165, 1.54) is 25.7 Å². The molecular formula is C14H18BrN3O. The third-order valence-corrected chi connectivity index (χ3v) is 4.71. The average molecular weight is 324 g/mol. The average Bonchev–Trinajstić information content (AvgIpc) is 2.71. The number of anilines is 1. The van der Waals surface area contributed by atoms with Crippen LogP contribution in [0.4, 0.5) is 5.69 Å². The molecule has 0 radical (unpaired) electrons. The van der Waals surface area contributed by atoms with E-state index in [1.54, 1.807) is 0 Å². The molecule has 4 nitrogen and oxygen atoms in total. The van der Waals surface area contributed by atoms with Gasteiger partial charge in [-0.15, -0.1) is 0 Å². The Morgan fingerprint density at radius 2 is 1.89 bits per heavy atom. The van der Waals surface area contributed by atoms with Gasteiger partial charge in [0.15, 0.2) is 0 Å². The van der Waals surface area contributed by atoms with Crippen LogP contribution in [0.25, 0.3) is 11.0 Å². The highest BCUT2D eigenvalue weighted by atomic mass is 79.9. The summed E-state index contributed by atoms with van der Waals surface area (Å²) in [6, 6.07) is 4.47. The van der Waals surface area contributed by atoms with Crippen LogP contribution in [-0.4, -0.2) is 16.0 Å². The number of H-pyrrole nitrogens is 2. The van der Waals surface area contributed by atoms with Crippen LogP contribution in [0.15, 0.2) is 21.4 Å². The van der Waals surface area contributed by atoms with E-state index in [1.807, 2.05) is 12.1 Å². The van der Waals surface area contributed by atoms with E-state index >= 15 is 0 Å². The number of fused-ring (bicyclic) bond motifs is 1. The van der Waals surface area contributed by atoms with Crippen LogP contribution in [0.2, 0.25) is 0 Å². The number of halogens is 1. The van der Waals surface area contributed by atoms with Gasteiger partial charge in [0, 0.05) is 10.5 Å². The second-order valence-electron chi connectivity index (χ2n) is 5.47. The summed E-state index contributed by atoms with van der Waals surface area (Å²) in [4.78, 5) is 16.9. The van der Waals surface area contributed by atoms with Crippen molar-refractivity contribution in [1.82, 2.24) is 9.97 Å². The van der Waals surface area contributed by atoms with Crippen LogP contribution >= 0.6 is 15.9 Å². The fraction of sp³-hybridized carbons (Fsp3) is 0.500. The lowest BCUT2D eigenvalue weighted by Gasteiger charge is -2.30. The lowest BCUT2D eigenvalue weighted by Crippen LogP contribution is -2.30. The van der Waals surface area contributed by atoms with Crippen molar-refractivity contribution in [2.24, 2.45) is 5.92 Å². The molecule has 0 spiro atoms. The summed E-state index contributed by atoms with van der Waals surface area (Å²) in [5.74, 6) is 0.696. The zero-order valence-electron chi connectivity index (χ0n) is 10.9. The predicted octanol–water partition coefficient (Wildman–Crippen LogP) is 3.61. The minimum atomic E-state index is -0.162. The van der Waals surface area contributed by atoms with E-state index in [-0.39, 0.29) is 5.69 Å². The molecule has 3 N–H and O–H groups in total. The van der Waals surface area contributed by atoms with Crippen LogP contribution in [0.1, 0.15) is 32.6 Å². The number of hydrogen-bond donors (Lipinski definition) is 3. The molecule has 2 aromatic rings. The van der Waals surface area contributed by atoms with Crippen LogP contribution in [0.3, 0.4) is 0 Å². The second-order valence-corrected chi connectivity index (χ2v) is 6.32. The van der Waals surface area contributed by atoms with Crippen molar-refractivity contribution in [3.63, 3.8) is 0 Å². The molecular weight excluding hydrogens is 306 g/mol. The van der Waals surface area contributed by atoms with E-state index in [2.05, 4.69) is 38.1 Å².